The number of ether oxygens (including phenoxy) is 1. The van der Waals surface area contributed by atoms with Crippen LogP contribution < -0.4 is 10.1 Å². The molecule has 140 valence electrons. The minimum Gasteiger partial charge on any atom is -0.494 e. The summed E-state index contributed by atoms with van der Waals surface area (Å²) in [7, 11) is 0. The molecule has 1 aromatic carbocycles. The molecule has 1 saturated heterocycles. The maximum absolute atomic E-state index is 12.0. The molecule has 1 N–H and O–H groups in total. The second kappa shape index (κ2) is 9.65. The van der Waals surface area contributed by atoms with Crippen LogP contribution in [0.5, 0.6) is 5.75 Å². The quantitative estimate of drug-likeness (QED) is 0.651. The molecule has 0 unspecified atom stereocenters. The zero-order valence-corrected chi connectivity index (χ0v) is 14.3. The summed E-state index contributed by atoms with van der Waals surface area (Å²) in [6, 6.07) is 7.51. The molecule has 1 fully saturated rings. The topological polar surface area (TPSA) is 41.6 Å². The third-order valence-electron chi connectivity index (χ3n) is 4.11. The van der Waals surface area contributed by atoms with Gasteiger partial charge in [0.15, 0.2) is 0 Å². The van der Waals surface area contributed by atoms with Gasteiger partial charge in [0, 0.05) is 39.0 Å². The van der Waals surface area contributed by atoms with Crippen LogP contribution in [0.1, 0.15) is 37.7 Å². The number of amides is 1. The molecule has 0 atom stereocenters. The molecule has 1 aromatic rings. The van der Waals surface area contributed by atoms with Crippen LogP contribution in [0.25, 0.3) is 0 Å². The summed E-state index contributed by atoms with van der Waals surface area (Å²) in [5.41, 5.74) is 1.09. The molecule has 0 aliphatic carbocycles. The van der Waals surface area contributed by atoms with Crippen molar-refractivity contribution in [2.24, 2.45) is 0 Å². The first-order valence-electron chi connectivity index (χ1n) is 8.71. The molecule has 1 heterocycles. The summed E-state index contributed by atoms with van der Waals surface area (Å²) in [4.78, 5) is 13.4. The lowest BCUT2D eigenvalue weighted by Crippen LogP contribution is -2.32. The zero-order valence-electron chi connectivity index (χ0n) is 14.3. The molecule has 25 heavy (non-hydrogen) atoms. The number of hydrogen-bond acceptors (Lipinski definition) is 3. The van der Waals surface area contributed by atoms with E-state index in [0.29, 0.717) is 25.1 Å². The number of rotatable bonds is 10. The highest BCUT2D eigenvalue weighted by Gasteiger charge is 2.25. The Balaban J connectivity index is 1.57. The van der Waals surface area contributed by atoms with E-state index in [2.05, 4.69) is 5.32 Å². The van der Waals surface area contributed by atoms with Crippen LogP contribution in [0.15, 0.2) is 24.3 Å². The molecule has 7 heteroatoms. The molecule has 1 aliphatic heterocycles. The largest absolute Gasteiger partial charge is 0.494 e. The summed E-state index contributed by atoms with van der Waals surface area (Å²) < 4.78 is 41.5. The van der Waals surface area contributed by atoms with Crippen molar-refractivity contribution < 1.29 is 22.7 Å². The van der Waals surface area contributed by atoms with Crippen molar-refractivity contribution in [1.82, 2.24) is 10.2 Å². The summed E-state index contributed by atoms with van der Waals surface area (Å²) in [6.45, 7) is 3.34. The van der Waals surface area contributed by atoms with E-state index in [4.69, 9.17) is 4.74 Å². The van der Waals surface area contributed by atoms with Gasteiger partial charge in [-0.15, -0.1) is 0 Å². The number of hydrogen-bond donors (Lipinski definition) is 1. The number of alkyl halides is 3. The fraction of sp³-hybridized carbons (Fsp3) is 0.611. The van der Waals surface area contributed by atoms with E-state index >= 15 is 0 Å². The Labute approximate surface area is 146 Å². The minimum absolute atomic E-state index is 0.0883. The number of halogens is 3. The monoisotopic (exact) mass is 358 g/mol. The summed E-state index contributed by atoms with van der Waals surface area (Å²) >= 11 is 0. The Morgan fingerprint density at radius 1 is 1.16 bits per heavy atom. The number of nitrogens with one attached hydrogen (secondary N) is 1. The van der Waals surface area contributed by atoms with Gasteiger partial charge in [0.1, 0.15) is 5.75 Å². The number of unbranched alkanes of at least 4 members (excludes halogenated alkanes) is 1. The van der Waals surface area contributed by atoms with Crippen LogP contribution in [-0.4, -0.2) is 43.2 Å². The SMILES string of the molecule is O=C1CCCN1CCNCc1ccc(OCCCCC(F)(F)F)cc1. The van der Waals surface area contributed by atoms with Crippen LogP contribution >= 0.6 is 0 Å². The third-order valence-corrected chi connectivity index (χ3v) is 4.11. The summed E-state index contributed by atoms with van der Waals surface area (Å²) in [5.74, 6) is 0.900. The predicted molar refractivity (Wildman–Crippen MR) is 89.4 cm³/mol. The first kappa shape index (κ1) is 19.6. The van der Waals surface area contributed by atoms with Gasteiger partial charge >= 0.3 is 6.18 Å². The molecular formula is C18H25F3N2O2. The van der Waals surface area contributed by atoms with Gasteiger partial charge in [0.2, 0.25) is 5.91 Å². The minimum atomic E-state index is -4.09. The highest BCUT2D eigenvalue weighted by atomic mass is 19.4. The first-order valence-corrected chi connectivity index (χ1v) is 8.71. The fourth-order valence-corrected chi connectivity index (χ4v) is 2.71. The van der Waals surface area contributed by atoms with Gasteiger partial charge in [-0.3, -0.25) is 4.79 Å². The second-order valence-electron chi connectivity index (χ2n) is 6.23. The Bertz CT molecular complexity index is 532. The van der Waals surface area contributed by atoms with E-state index in [1.807, 2.05) is 29.2 Å². The fourth-order valence-electron chi connectivity index (χ4n) is 2.71. The van der Waals surface area contributed by atoms with Crippen LogP contribution in [-0.2, 0) is 11.3 Å². The average molecular weight is 358 g/mol. The predicted octanol–water partition coefficient (Wildman–Crippen LogP) is 3.51. The Hall–Kier alpha value is -1.76. The van der Waals surface area contributed by atoms with Gasteiger partial charge in [0.25, 0.3) is 0 Å². The van der Waals surface area contributed by atoms with E-state index in [1.165, 1.54) is 0 Å². The number of likely N-dealkylation sites (tertiary alicyclic amines) is 1. The summed E-state index contributed by atoms with van der Waals surface area (Å²) in [5, 5.41) is 3.30. The number of nitrogens with zero attached hydrogens (tertiary/aromatic N) is 1. The van der Waals surface area contributed by atoms with Gasteiger partial charge < -0.3 is 15.0 Å². The van der Waals surface area contributed by atoms with Crippen LogP contribution in [0, 0.1) is 0 Å². The normalized spacial score (nSPS) is 15.0. The van der Waals surface area contributed by atoms with Crippen molar-refractivity contribution in [3.05, 3.63) is 29.8 Å². The third kappa shape index (κ3) is 7.77. The number of carbonyl (C=O) groups is 1. The van der Waals surface area contributed by atoms with Crippen molar-refractivity contribution >= 4 is 5.91 Å². The molecule has 2 rings (SSSR count). The molecule has 1 amide bonds. The molecular weight excluding hydrogens is 333 g/mol. The molecule has 4 nitrogen and oxygen atoms in total. The molecule has 0 bridgehead atoms. The standard InChI is InChI=1S/C18H25F3N2O2/c19-18(20,21)9-1-2-13-25-16-7-5-15(6-8-16)14-22-10-12-23-11-3-4-17(23)24/h5-8,22H,1-4,9-14H2. The van der Waals surface area contributed by atoms with Crippen LogP contribution in [0.2, 0.25) is 0 Å². The van der Waals surface area contributed by atoms with Crippen LogP contribution in [0.3, 0.4) is 0 Å². The average Bonchev–Trinajstić information content (AvgIpc) is 2.97. The maximum Gasteiger partial charge on any atom is 0.389 e. The highest BCUT2D eigenvalue weighted by molar-refractivity contribution is 5.78. The molecule has 0 spiro atoms. The number of carbonyl (C=O) groups excluding carboxylic acids is 1. The second-order valence-corrected chi connectivity index (χ2v) is 6.23. The molecule has 1 aliphatic rings. The molecule has 0 saturated carbocycles. The van der Waals surface area contributed by atoms with Crippen LogP contribution in [0.4, 0.5) is 13.2 Å². The zero-order chi connectivity index (χ0) is 18.1. The van der Waals surface area contributed by atoms with Crippen molar-refractivity contribution in [3.63, 3.8) is 0 Å². The Kier molecular flexibility index (Phi) is 7.55. The van der Waals surface area contributed by atoms with Gasteiger partial charge in [0.05, 0.1) is 6.61 Å². The van der Waals surface area contributed by atoms with Gasteiger partial charge in [-0.1, -0.05) is 12.1 Å². The van der Waals surface area contributed by atoms with E-state index < -0.39 is 12.6 Å². The molecule has 0 radical (unpaired) electrons. The van der Waals surface area contributed by atoms with E-state index in [0.717, 1.165) is 31.6 Å². The van der Waals surface area contributed by atoms with Crippen molar-refractivity contribution in [3.8, 4) is 5.75 Å². The highest BCUT2D eigenvalue weighted by Crippen LogP contribution is 2.22. The van der Waals surface area contributed by atoms with Crippen molar-refractivity contribution in [2.45, 2.75) is 44.8 Å². The van der Waals surface area contributed by atoms with Gasteiger partial charge in [-0.2, -0.15) is 13.2 Å². The van der Waals surface area contributed by atoms with Crippen molar-refractivity contribution in [1.29, 1.82) is 0 Å². The molecule has 0 aromatic heterocycles. The summed E-state index contributed by atoms with van der Waals surface area (Å²) in [6.07, 6.45) is -2.75. The van der Waals surface area contributed by atoms with Gasteiger partial charge in [-0.05, 0) is 37.0 Å². The first-order chi connectivity index (χ1) is 11.9. The van der Waals surface area contributed by atoms with E-state index in [9.17, 15) is 18.0 Å². The van der Waals surface area contributed by atoms with E-state index in [-0.39, 0.29) is 18.9 Å². The Morgan fingerprint density at radius 3 is 2.56 bits per heavy atom. The maximum atomic E-state index is 12.0. The lowest BCUT2D eigenvalue weighted by Gasteiger charge is -2.15. The van der Waals surface area contributed by atoms with Crippen molar-refractivity contribution in [2.75, 3.05) is 26.2 Å². The lowest BCUT2D eigenvalue weighted by molar-refractivity contribution is -0.135. The Morgan fingerprint density at radius 2 is 1.92 bits per heavy atom. The number of benzene rings is 1. The van der Waals surface area contributed by atoms with Gasteiger partial charge in [-0.25, -0.2) is 0 Å². The smallest absolute Gasteiger partial charge is 0.389 e. The lowest BCUT2D eigenvalue weighted by atomic mass is 10.2. The van der Waals surface area contributed by atoms with E-state index in [1.54, 1.807) is 0 Å².